The van der Waals surface area contributed by atoms with Crippen molar-refractivity contribution in [2.24, 2.45) is 0 Å². The Labute approximate surface area is 161 Å². The summed E-state index contributed by atoms with van der Waals surface area (Å²) in [5, 5.41) is 8.72. The highest BCUT2D eigenvalue weighted by Gasteiger charge is 2.13. The Morgan fingerprint density at radius 3 is 2.74 bits per heavy atom. The molecule has 7 nitrogen and oxygen atoms in total. The molecule has 0 atom stereocenters. The van der Waals surface area contributed by atoms with E-state index >= 15 is 0 Å². The van der Waals surface area contributed by atoms with E-state index < -0.39 is 0 Å². The normalized spacial score (nSPS) is 14.3. The van der Waals surface area contributed by atoms with E-state index in [2.05, 4.69) is 32.5 Å². The number of amides is 1. The number of hydrogen-bond acceptors (Lipinski definition) is 7. The third-order valence-corrected chi connectivity index (χ3v) is 5.19. The molecule has 3 aromatic rings. The molecule has 0 aliphatic carbocycles. The Morgan fingerprint density at radius 2 is 2.00 bits per heavy atom. The highest BCUT2D eigenvalue weighted by molar-refractivity contribution is 7.13. The highest BCUT2D eigenvalue weighted by Crippen LogP contribution is 2.21. The van der Waals surface area contributed by atoms with E-state index in [1.165, 1.54) is 0 Å². The molecule has 1 amide bonds. The number of hydrogen-bond donors (Lipinski definition) is 1. The van der Waals surface area contributed by atoms with Crippen molar-refractivity contribution >= 4 is 22.9 Å². The standard InChI is InChI=1S/C19H20N4O3S/c24-17(20-13-18-21-19(22-26-18)16-2-1-11-27-16)12-14-3-5-15(6-4-14)23-7-9-25-10-8-23/h1-6,11H,7-10,12-13H2,(H,20,24). The number of carbonyl (C=O) groups excluding carboxylic acids is 1. The zero-order chi connectivity index (χ0) is 18.5. The van der Waals surface area contributed by atoms with E-state index in [0.29, 0.717) is 18.1 Å². The summed E-state index contributed by atoms with van der Waals surface area (Å²) in [6, 6.07) is 12.0. The summed E-state index contributed by atoms with van der Waals surface area (Å²) in [6.07, 6.45) is 0.315. The van der Waals surface area contributed by atoms with Crippen LogP contribution in [0, 0.1) is 0 Å². The molecule has 2 aromatic heterocycles. The second-order valence-corrected chi connectivity index (χ2v) is 7.16. The van der Waals surface area contributed by atoms with Crippen molar-refractivity contribution < 1.29 is 14.1 Å². The summed E-state index contributed by atoms with van der Waals surface area (Å²) in [6.45, 7) is 3.54. The minimum Gasteiger partial charge on any atom is -0.378 e. The monoisotopic (exact) mass is 384 g/mol. The summed E-state index contributed by atoms with van der Waals surface area (Å²) >= 11 is 1.54. The molecule has 1 aliphatic heterocycles. The first-order valence-corrected chi connectivity index (χ1v) is 9.71. The number of anilines is 1. The average molecular weight is 384 g/mol. The lowest BCUT2D eigenvalue weighted by Crippen LogP contribution is -2.36. The second kappa shape index (κ2) is 8.32. The van der Waals surface area contributed by atoms with Gasteiger partial charge >= 0.3 is 0 Å². The van der Waals surface area contributed by atoms with Crippen LogP contribution in [0.15, 0.2) is 46.3 Å². The van der Waals surface area contributed by atoms with Crippen LogP contribution in [0.25, 0.3) is 10.7 Å². The molecule has 1 fully saturated rings. The molecule has 1 saturated heterocycles. The largest absolute Gasteiger partial charge is 0.378 e. The van der Waals surface area contributed by atoms with Crippen molar-refractivity contribution in [3.05, 3.63) is 53.2 Å². The number of morpholine rings is 1. The number of nitrogens with zero attached hydrogens (tertiary/aromatic N) is 3. The summed E-state index contributed by atoms with van der Waals surface area (Å²) in [5.74, 6) is 0.868. The molecule has 1 N–H and O–H groups in total. The molecule has 0 saturated carbocycles. The predicted octanol–water partition coefficient (Wildman–Crippen LogP) is 2.49. The number of nitrogens with one attached hydrogen (secondary N) is 1. The minimum atomic E-state index is -0.0787. The first-order valence-electron chi connectivity index (χ1n) is 8.83. The molecule has 27 heavy (non-hydrogen) atoms. The summed E-state index contributed by atoms with van der Waals surface area (Å²) in [7, 11) is 0. The van der Waals surface area contributed by atoms with Crippen LogP contribution in [0.3, 0.4) is 0 Å². The van der Waals surface area contributed by atoms with E-state index in [1.807, 2.05) is 29.6 Å². The molecule has 4 rings (SSSR count). The topological polar surface area (TPSA) is 80.5 Å². The van der Waals surface area contributed by atoms with Gasteiger partial charge in [-0.1, -0.05) is 23.4 Å². The van der Waals surface area contributed by atoms with Gasteiger partial charge in [0, 0.05) is 18.8 Å². The van der Waals surface area contributed by atoms with Crippen LogP contribution in [0.1, 0.15) is 11.5 Å². The summed E-state index contributed by atoms with van der Waals surface area (Å²) in [4.78, 5) is 19.7. The third-order valence-electron chi connectivity index (χ3n) is 4.32. The van der Waals surface area contributed by atoms with Gasteiger partial charge in [0.1, 0.15) is 0 Å². The zero-order valence-corrected chi connectivity index (χ0v) is 15.6. The number of benzene rings is 1. The van der Waals surface area contributed by atoms with Crippen LogP contribution < -0.4 is 10.2 Å². The van der Waals surface area contributed by atoms with Crippen LogP contribution in [0.4, 0.5) is 5.69 Å². The fourth-order valence-electron chi connectivity index (χ4n) is 2.90. The molecule has 0 radical (unpaired) electrons. The van der Waals surface area contributed by atoms with Gasteiger partial charge in [-0.25, -0.2) is 0 Å². The van der Waals surface area contributed by atoms with Gasteiger partial charge in [-0.2, -0.15) is 4.98 Å². The quantitative estimate of drug-likeness (QED) is 0.703. The maximum atomic E-state index is 12.2. The van der Waals surface area contributed by atoms with Crippen molar-refractivity contribution in [2.45, 2.75) is 13.0 Å². The summed E-state index contributed by atoms with van der Waals surface area (Å²) < 4.78 is 10.6. The first-order chi connectivity index (χ1) is 13.3. The summed E-state index contributed by atoms with van der Waals surface area (Å²) in [5.41, 5.74) is 2.13. The number of carbonyl (C=O) groups is 1. The van der Waals surface area contributed by atoms with Gasteiger partial charge in [-0.15, -0.1) is 11.3 Å². The van der Waals surface area contributed by atoms with Crippen LogP contribution in [0.2, 0.25) is 0 Å². The highest BCUT2D eigenvalue weighted by atomic mass is 32.1. The molecule has 3 heterocycles. The number of rotatable bonds is 6. The van der Waals surface area contributed by atoms with Gasteiger partial charge in [0.25, 0.3) is 0 Å². The van der Waals surface area contributed by atoms with Gasteiger partial charge < -0.3 is 19.5 Å². The number of ether oxygens (including phenoxy) is 1. The van der Waals surface area contributed by atoms with Crippen LogP contribution in [-0.2, 0) is 22.5 Å². The lowest BCUT2D eigenvalue weighted by Gasteiger charge is -2.28. The molecular weight excluding hydrogens is 364 g/mol. The lowest BCUT2D eigenvalue weighted by molar-refractivity contribution is -0.120. The van der Waals surface area contributed by atoms with Gasteiger partial charge in [-0.3, -0.25) is 4.79 Å². The van der Waals surface area contributed by atoms with E-state index in [0.717, 1.165) is 42.4 Å². The first kappa shape index (κ1) is 17.7. The van der Waals surface area contributed by atoms with Crippen molar-refractivity contribution in [3.8, 4) is 10.7 Å². The number of thiophene rings is 1. The van der Waals surface area contributed by atoms with E-state index in [4.69, 9.17) is 9.26 Å². The van der Waals surface area contributed by atoms with Crippen molar-refractivity contribution in [1.29, 1.82) is 0 Å². The Kier molecular flexibility index (Phi) is 5.45. The Hall–Kier alpha value is -2.71. The lowest BCUT2D eigenvalue weighted by atomic mass is 10.1. The molecule has 0 bridgehead atoms. The molecule has 0 unspecified atom stereocenters. The molecular formula is C19H20N4O3S. The molecule has 0 spiro atoms. The molecule has 140 valence electrons. The molecule has 1 aromatic carbocycles. The minimum absolute atomic E-state index is 0.0787. The fourth-order valence-corrected chi connectivity index (χ4v) is 3.55. The van der Waals surface area contributed by atoms with E-state index in [9.17, 15) is 4.79 Å². The van der Waals surface area contributed by atoms with Crippen LogP contribution in [0.5, 0.6) is 0 Å². The van der Waals surface area contributed by atoms with Crippen molar-refractivity contribution in [3.63, 3.8) is 0 Å². The fraction of sp³-hybridized carbons (Fsp3) is 0.316. The van der Waals surface area contributed by atoms with Crippen LogP contribution >= 0.6 is 11.3 Å². The van der Waals surface area contributed by atoms with E-state index in [-0.39, 0.29) is 12.5 Å². The Bertz CT molecular complexity index is 871. The van der Waals surface area contributed by atoms with Crippen LogP contribution in [-0.4, -0.2) is 42.4 Å². The predicted molar refractivity (Wildman–Crippen MR) is 103 cm³/mol. The van der Waals surface area contributed by atoms with Gasteiger partial charge in [-0.05, 0) is 29.1 Å². The second-order valence-electron chi connectivity index (χ2n) is 6.21. The number of aromatic nitrogens is 2. The maximum absolute atomic E-state index is 12.2. The van der Waals surface area contributed by atoms with Gasteiger partial charge in [0.2, 0.25) is 17.6 Å². The van der Waals surface area contributed by atoms with Gasteiger partial charge in [0.15, 0.2) is 0 Å². The van der Waals surface area contributed by atoms with Crippen molar-refractivity contribution in [2.75, 3.05) is 31.2 Å². The zero-order valence-electron chi connectivity index (χ0n) is 14.8. The average Bonchev–Trinajstić information content (AvgIpc) is 3.39. The SMILES string of the molecule is O=C(Cc1ccc(N2CCOCC2)cc1)NCc1nc(-c2cccs2)no1. The van der Waals surface area contributed by atoms with Crippen molar-refractivity contribution in [1.82, 2.24) is 15.5 Å². The van der Waals surface area contributed by atoms with Gasteiger partial charge in [0.05, 0.1) is 31.1 Å². The third kappa shape index (κ3) is 4.53. The molecule has 8 heteroatoms. The maximum Gasteiger partial charge on any atom is 0.246 e. The smallest absolute Gasteiger partial charge is 0.246 e. The van der Waals surface area contributed by atoms with E-state index in [1.54, 1.807) is 11.3 Å². The molecule has 1 aliphatic rings. The Balaban J connectivity index is 1.28. The Morgan fingerprint density at radius 1 is 1.19 bits per heavy atom.